The van der Waals surface area contributed by atoms with E-state index in [9.17, 15) is 8.42 Å². The van der Waals surface area contributed by atoms with E-state index in [1.54, 1.807) is 49.6 Å². The zero-order valence-corrected chi connectivity index (χ0v) is 17.8. The molecule has 0 atom stereocenters. The van der Waals surface area contributed by atoms with Gasteiger partial charge in [0.25, 0.3) is 0 Å². The normalized spacial score (nSPS) is 15.3. The first-order valence-electron chi connectivity index (χ1n) is 9.54. The predicted octanol–water partition coefficient (Wildman–Crippen LogP) is 3.33. The minimum absolute atomic E-state index is 0.105. The smallest absolute Gasteiger partial charge is 0.242 e. The molecule has 30 heavy (non-hydrogen) atoms. The monoisotopic (exact) mass is 429 g/mol. The van der Waals surface area contributed by atoms with Crippen LogP contribution in [0.1, 0.15) is 31.7 Å². The Morgan fingerprint density at radius 2 is 1.93 bits per heavy atom. The molecule has 0 fully saturated rings. The number of nitrogens with zero attached hydrogens (tertiary/aromatic N) is 2. The number of hydrogen-bond donors (Lipinski definition) is 1. The van der Waals surface area contributed by atoms with Gasteiger partial charge in [0.15, 0.2) is 0 Å². The Hall–Kier alpha value is -2.91. The summed E-state index contributed by atoms with van der Waals surface area (Å²) in [7, 11) is -2.15. The molecule has 2 heterocycles. The number of sulfonamides is 1. The fourth-order valence-electron chi connectivity index (χ4n) is 3.23. The first-order chi connectivity index (χ1) is 14.3. The Balaban J connectivity index is 1.45. The van der Waals surface area contributed by atoms with Crippen molar-refractivity contribution >= 4 is 10.0 Å². The maximum Gasteiger partial charge on any atom is 0.242 e. The minimum atomic E-state index is -3.73. The van der Waals surface area contributed by atoms with E-state index in [-0.39, 0.29) is 22.9 Å². The molecule has 158 valence electrons. The second-order valence-corrected chi connectivity index (χ2v) is 9.46. The SMILES string of the molecule is COc1ccc(-c2noc(CNS(=O)(=O)c3ccc4c(c3)CCC(C)(C)O4)n2)cc1. The van der Waals surface area contributed by atoms with Gasteiger partial charge in [-0.25, -0.2) is 13.1 Å². The highest BCUT2D eigenvalue weighted by molar-refractivity contribution is 7.89. The van der Waals surface area contributed by atoms with Crippen LogP contribution in [0.3, 0.4) is 0 Å². The number of aromatic nitrogens is 2. The van der Waals surface area contributed by atoms with E-state index in [0.29, 0.717) is 11.6 Å². The molecule has 1 aliphatic rings. The lowest BCUT2D eigenvalue weighted by molar-refractivity contribution is 0.0845. The maximum absolute atomic E-state index is 12.7. The molecule has 1 N–H and O–H groups in total. The third-order valence-corrected chi connectivity index (χ3v) is 6.35. The summed E-state index contributed by atoms with van der Waals surface area (Å²) in [5.41, 5.74) is 1.38. The van der Waals surface area contributed by atoms with Crippen molar-refractivity contribution in [1.29, 1.82) is 0 Å². The van der Waals surface area contributed by atoms with Crippen LogP contribution in [0.2, 0.25) is 0 Å². The average molecular weight is 429 g/mol. The molecule has 3 aromatic rings. The fraction of sp³-hybridized carbons (Fsp3) is 0.333. The Bertz CT molecular complexity index is 1150. The molecule has 0 radical (unpaired) electrons. The van der Waals surface area contributed by atoms with Gasteiger partial charge in [-0.3, -0.25) is 0 Å². The summed E-state index contributed by atoms with van der Waals surface area (Å²) < 4.78 is 44.2. The summed E-state index contributed by atoms with van der Waals surface area (Å²) in [6, 6.07) is 12.1. The van der Waals surface area contributed by atoms with Crippen LogP contribution < -0.4 is 14.2 Å². The van der Waals surface area contributed by atoms with Crippen LogP contribution in [0.15, 0.2) is 51.9 Å². The lowest BCUT2D eigenvalue weighted by Crippen LogP contribution is -2.32. The van der Waals surface area contributed by atoms with E-state index in [1.807, 2.05) is 13.8 Å². The van der Waals surface area contributed by atoms with Crippen molar-refractivity contribution in [1.82, 2.24) is 14.9 Å². The zero-order valence-electron chi connectivity index (χ0n) is 17.0. The van der Waals surface area contributed by atoms with Crippen LogP contribution in [0.5, 0.6) is 11.5 Å². The molecule has 0 amide bonds. The largest absolute Gasteiger partial charge is 0.497 e. The van der Waals surface area contributed by atoms with Gasteiger partial charge in [0.05, 0.1) is 18.6 Å². The van der Waals surface area contributed by atoms with E-state index < -0.39 is 10.0 Å². The second-order valence-electron chi connectivity index (χ2n) is 7.70. The lowest BCUT2D eigenvalue weighted by Gasteiger charge is -2.32. The number of ether oxygens (including phenoxy) is 2. The summed E-state index contributed by atoms with van der Waals surface area (Å²) in [6.07, 6.45) is 1.59. The Morgan fingerprint density at radius 3 is 2.67 bits per heavy atom. The molecule has 9 heteroatoms. The molecule has 8 nitrogen and oxygen atoms in total. The highest BCUT2D eigenvalue weighted by atomic mass is 32.2. The van der Waals surface area contributed by atoms with Gasteiger partial charge < -0.3 is 14.0 Å². The van der Waals surface area contributed by atoms with Crippen molar-refractivity contribution in [3.8, 4) is 22.9 Å². The van der Waals surface area contributed by atoms with E-state index in [1.165, 1.54) is 0 Å². The molecule has 4 rings (SSSR count). The fourth-order valence-corrected chi connectivity index (χ4v) is 4.25. The average Bonchev–Trinajstić information content (AvgIpc) is 3.20. The van der Waals surface area contributed by atoms with Gasteiger partial charge in [0.1, 0.15) is 17.1 Å². The molecule has 1 aromatic heterocycles. The lowest BCUT2D eigenvalue weighted by atomic mass is 9.94. The van der Waals surface area contributed by atoms with Crippen LogP contribution in [0, 0.1) is 0 Å². The van der Waals surface area contributed by atoms with Crippen molar-refractivity contribution in [2.75, 3.05) is 7.11 Å². The number of fused-ring (bicyclic) bond motifs is 1. The molecule has 0 saturated heterocycles. The number of hydrogen-bond acceptors (Lipinski definition) is 7. The van der Waals surface area contributed by atoms with Crippen molar-refractivity contribution < 1.29 is 22.4 Å². The summed E-state index contributed by atoms with van der Waals surface area (Å²) in [5, 5.41) is 3.91. The van der Waals surface area contributed by atoms with Gasteiger partial charge in [-0.05, 0) is 74.7 Å². The number of methoxy groups -OCH3 is 1. The van der Waals surface area contributed by atoms with Crippen LogP contribution >= 0.6 is 0 Å². The summed E-state index contributed by atoms with van der Waals surface area (Å²) in [5.74, 6) is 1.99. The van der Waals surface area contributed by atoms with Crippen LogP contribution in [0.4, 0.5) is 0 Å². The van der Waals surface area contributed by atoms with Crippen molar-refractivity contribution in [3.63, 3.8) is 0 Å². The summed E-state index contributed by atoms with van der Waals surface area (Å²) in [6.45, 7) is 3.94. The standard InChI is InChI=1S/C21H23N3O5S/c1-21(2)11-10-15-12-17(8-9-18(15)28-21)30(25,26)22-13-19-23-20(24-29-19)14-4-6-16(27-3)7-5-14/h4-9,12,22H,10-11,13H2,1-3H3. The first-order valence-corrected chi connectivity index (χ1v) is 11.0. The summed E-state index contributed by atoms with van der Waals surface area (Å²) in [4.78, 5) is 4.43. The number of nitrogens with one attached hydrogen (secondary N) is 1. The third-order valence-electron chi connectivity index (χ3n) is 4.95. The molecule has 0 saturated carbocycles. The molecular weight excluding hydrogens is 406 g/mol. The number of benzene rings is 2. The van der Waals surface area contributed by atoms with Crippen LogP contribution in [-0.2, 0) is 23.0 Å². The topological polar surface area (TPSA) is 104 Å². The molecule has 1 aliphatic heterocycles. The second kappa shape index (κ2) is 7.73. The van der Waals surface area contributed by atoms with Gasteiger partial charge in [0.2, 0.25) is 21.7 Å². The molecule has 2 aromatic carbocycles. The van der Waals surface area contributed by atoms with Crippen molar-refractivity contribution in [2.45, 2.75) is 43.7 Å². The van der Waals surface area contributed by atoms with E-state index in [4.69, 9.17) is 14.0 Å². The summed E-state index contributed by atoms with van der Waals surface area (Å²) >= 11 is 0. The van der Waals surface area contributed by atoms with Gasteiger partial charge in [-0.15, -0.1) is 0 Å². The molecular formula is C21H23N3O5S. The van der Waals surface area contributed by atoms with E-state index in [2.05, 4.69) is 14.9 Å². The van der Waals surface area contributed by atoms with E-state index in [0.717, 1.165) is 29.7 Å². The van der Waals surface area contributed by atoms with Gasteiger partial charge in [-0.1, -0.05) is 5.16 Å². The van der Waals surface area contributed by atoms with Gasteiger partial charge in [0, 0.05) is 5.56 Å². The molecule has 0 unspecified atom stereocenters. The third kappa shape index (κ3) is 4.31. The number of rotatable bonds is 6. The van der Waals surface area contributed by atoms with E-state index >= 15 is 0 Å². The number of aryl methyl sites for hydroxylation is 1. The molecule has 0 aliphatic carbocycles. The highest BCUT2D eigenvalue weighted by Crippen LogP contribution is 2.34. The quantitative estimate of drug-likeness (QED) is 0.641. The Labute approximate surface area is 175 Å². The minimum Gasteiger partial charge on any atom is -0.497 e. The van der Waals surface area contributed by atoms with Gasteiger partial charge >= 0.3 is 0 Å². The predicted molar refractivity (Wildman–Crippen MR) is 110 cm³/mol. The van der Waals surface area contributed by atoms with Gasteiger partial charge in [-0.2, -0.15) is 4.98 Å². The first kappa shape index (κ1) is 20.4. The Morgan fingerprint density at radius 1 is 1.17 bits per heavy atom. The Kier molecular flexibility index (Phi) is 5.25. The van der Waals surface area contributed by atoms with Crippen molar-refractivity contribution in [3.05, 3.63) is 53.9 Å². The molecule has 0 bridgehead atoms. The maximum atomic E-state index is 12.7. The molecule has 0 spiro atoms. The van der Waals surface area contributed by atoms with Crippen LogP contribution in [-0.4, -0.2) is 31.3 Å². The van der Waals surface area contributed by atoms with Crippen molar-refractivity contribution in [2.24, 2.45) is 0 Å². The zero-order chi connectivity index (χ0) is 21.4. The highest BCUT2D eigenvalue weighted by Gasteiger charge is 2.28. The van der Waals surface area contributed by atoms with Crippen LogP contribution in [0.25, 0.3) is 11.4 Å².